The van der Waals surface area contributed by atoms with E-state index in [1.54, 1.807) is 18.2 Å². The lowest BCUT2D eigenvalue weighted by Gasteiger charge is -2.12. The second-order valence-electron chi connectivity index (χ2n) is 7.22. The third-order valence-corrected chi connectivity index (χ3v) is 6.59. The number of amides is 2. The van der Waals surface area contributed by atoms with E-state index in [4.69, 9.17) is 21.1 Å². The molecule has 2 aromatic rings. The molecule has 1 aliphatic heterocycles. The smallest absolute Gasteiger partial charge is 0.276 e. The number of sulfonamides is 1. The Labute approximate surface area is 191 Å². The van der Waals surface area contributed by atoms with Gasteiger partial charge in [0, 0.05) is 23.7 Å². The maximum Gasteiger partial charge on any atom is 0.276 e. The number of hydrogen-bond donors (Lipinski definition) is 3. The standard InChI is InChI=1S/C21H24ClN3O6S/c1-14-10-16(7-8-19(14)22)31-13-20(26)24-25-21(27)15-4-2-6-18(11-15)32(28,29)23-12-17-5-3-9-30-17/h2,4,6-8,10-11,17,23H,3,5,9,12-13H2,1H3,(H,24,26)(H,25,27). The van der Waals surface area contributed by atoms with Crippen molar-refractivity contribution in [2.45, 2.75) is 30.8 Å². The molecule has 1 heterocycles. The number of ether oxygens (including phenoxy) is 2. The fourth-order valence-corrected chi connectivity index (χ4v) is 4.22. The van der Waals surface area contributed by atoms with Crippen molar-refractivity contribution in [3.05, 3.63) is 58.6 Å². The van der Waals surface area contributed by atoms with E-state index in [1.165, 1.54) is 24.3 Å². The molecular weight excluding hydrogens is 458 g/mol. The van der Waals surface area contributed by atoms with Gasteiger partial charge in [0.15, 0.2) is 6.61 Å². The molecule has 1 saturated heterocycles. The van der Waals surface area contributed by atoms with Gasteiger partial charge in [-0.15, -0.1) is 0 Å². The summed E-state index contributed by atoms with van der Waals surface area (Å²) in [4.78, 5) is 24.2. The van der Waals surface area contributed by atoms with Crippen LogP contribution in [0.1, 0.15) is 28.8 Å². The maximum absolute atomic E-state index is 12.5. The molecule has 32 heavy (non-hydrogen) atoms. The second-order valence-corrected chi connectivity index (χ2v) is 9.39. The van der Waals surface area contributed by atoms with Crippen LogP contribution in [0.15, 0.2) is 47.4 Å². The minimum Gasteiger partial charge on any atom is -0.484 e. The molecule has 3 N–H and O–H groups in total. The lowest BCUT2D eigenvalue weighted by atomic mass is 10.2. The minimum atomic E-state index is -3.81. The third-order valence-electron chi connectivity index (χ3n) is 4.75. The molecule has 2 amide bonds. The zero-order valence-electron chi connectivity index (χ0n) is 17.4. The summed E-state index contributed by atoms with van der Waals surface area (Å²) in [6, 6.07) is 10.5. The van der Waals surface area contributed by atoms with E-state index in [1.807, 2.05) is 6.92 Å². The first-order chi connectivity index (χ1) is 15.2. The Hall–Kier alpha value is -2.66. The van der Waals surface area contributed by atoms with E-state index >= 15 is 0 Å². The highest BCUT2D eigenvalue weighted by Crippen LogP contribution is 2.21. The van der Waals surface area contributed by atoms with Crippen molar-refractivity contribution in [1.29, 1.82) is 0 Å². The highest BCUT2D eigenvalue weighted by molar-refractivity contribution is 7.89. The van der Waals surface area contributed by atoms with Crippen LogP contribution in [0.5, 0.6) is 5.75 Å². The van der Waals surface area contributed by atoms with E-state index < -0.39 is 21.8 Å². The molecule has 0 bridgehead atoms. The first-order valence-corrected chi connectivity index (χ1v) is 11.8. The van der Waals surface area contributed by atoms with Crippen LogP contribution >= 0.6 is 11.6 Å². The van der Waals surface area contributed by atoms with E-state index in [-0.39, 0.29) is 29.7 Å². The highest BCUT2D eigenvalue weighted by Gasteiger charge is 2.21. The quantitative estimate of drug-likeness (QED) is 0.495. The minimum absolute atomic E-state index is 0.0593. The van der Waals surface area contributed by atoms with Gasteiger partial charge in [-0.1, -0.05) is 17.7 Å². The van der Waals surface area contributed by atoms with Gasteiger partial charge in [-0.25, -0.2) is 13.1 Å². The first-order valence-electron chi connectivity index (χ1n) is 9.94. The lowest BCUT2D eigenvalue weighted by molar-refractivity contribution is -0.123. The highest BCUT2D eigenvalue weighted by atomic mass is 35.5. The van der Waals surface area contributed by atoms with Crippen LogP contribution in [0.25, 0.3) is 0 Å². The normalized spacial score (nSPS) is 15.9. The number of nitrogens with one attached hydrogen (secondary N) is 3. The van der Waals surface area contributed by atoms with Crippen LogP contribution in [-0.2, 0) is 19.6 Å². The van der Waals surface area contributed by atoms with Gasteiger partial charge in [-0.05, 0) is 61.7 Å². The van der Waals surface area contributed by atoms with Gasteiger partial charge in [0.1, 0.15) is 5.75 Å². The molecule has 1 aliphatic rings. The fourth-order valence-electron chi connectivity index (χ4n) is 2.99. The fraction of sp³-hybridized carbons (Fsp3) is 0.333. The predicted octanol–water partition coefficient (Wildman–Crippen LogP) is 1.95. The Morgan fingerprint density at radius 1 is 1.19 bits per heavy atom. The summed E-state index contributed by atoms with van der Waals surface area (Å²) < 4.78 is 38.3. The van der Waals surface area contributed by atoms with Gasteiger partial charge in [-0.3, -0.25) is 20.4 Å². The van der Waals surface area contributed by atoms with Gasteiger partial charge in [-0.2, -0.15) is 0 Å². The van der Waals surface area contributed by atoms with E-state index in [2.05, 4.69) is 15.6 Å². The van der Waals surface area contributed by atoms with Gasteiger partial charge < -0.3 is 9.47 Å². The molecule has 0 aromatic heterocycles. The van der Waals surface area contributed by atoms with Crippen molar-refractivity contribution < 1.29 is 27.5 Å². The van der Waals surface area contributed by atoms with Crippen molar-refractivity contribution in [3.8, 4) is 5.75 Å². The molecule has 0 aliphatic carbocycles. The Morgan fingerprint density at radius 2 is 2.00 bits per heavy atom. The molecular formula is C21H24ClN3O6S. The molecule has 9 nitrogen and oxygen atoms in total. The van der Waals surface area contributed by atoms with Gasteiger partial charge >= 0.3 is 0 Å². The van der Waals surface area contributed by atoms with E-state index in [0.717, 1.165) is 18.4 Å². The monoisotopic (exact) mass is 481 g/mol. The maximum atomic E-state index is 12.5. The number of halogens is 1. The van der Waals surface area contributed by atoms with E-state index in [0.29, 0.717) is 17.4 Å². The summed E-state index contributed by atoms with van der Waals surface area (Å²) >= 11 is 5.94. The molecule has 2 aromatic carbocycles. The van der Waals surface area contributed by atoms with Gasteiger partial charge in [0.2, 0.25) is 10.0 Å². The van der Waals surface area contributed by atoms with Crippen molar-refractivity contribution >= 4 is 33.4 Å². The topological polar surface area (TPSA) is 123 Å². The molecule has 1 atom stereocenters. The zero-order valence-corrected chi connectivity index (χ0v) is 19.0. The molecule has 1 unspecified atom stereocenters. The average Bonchev–Trinajstić information content (AvgIpc) is 3.31. The molecule has 0 saturated carbocycles. The number of aryl methyl sites for hydroxylation is 1. The molecule has 3 rings (SSSR count). The van der Waals surface area contributed by atoms with Crippen molar-refractivity contribution in [2.75, 3.05) is 19.8 Å². The van der Waals surface area contributed by atoms with Crippen LogP contribution in [0, 0.1) is 6.92 Å². The Kier molecular flexibility index (Phi) is 8.08. The molecule has 172 valence electrons. The summed E-state index contributed by atoms with van der Waals surface area (Å²) in [5, 5.41) is 0.584. The predicted molar refractivity (Wildman–Crippen MR) is 118 cm³/mol. The molecule has 11 heteroatoms. The molecule has 1 fully saturated rings. The second kappa shape index (κ2) is 10.8. The Balaban J connectivity index is 1.51. The van der Waals surface area contributed by atoms with Gasteiger partial charge in [0.25, 0.3) is 11.8 Å². The van der Waals surface area contributed by atoms with E-state index in [9.17, 15) is 18.0 Å². The number of rotatable bonds is 8. The number of benzene rings is 2. The van der Waals surface area contributed by atoms with Crippen molar-refractivity contribution in [1.82, 2.24) is 15.6 Å². The molecule has 0 radical (unpaired) electrons. The SMILES string of the molecule is Cc1cc(OCC(=O)NNC(=O)c2cccc(S(=O)(=O)NCC3CCCO3)c2)ccc1Cl. The van der Waals surface area contributed by atoms with Crippen LogP contribution in [-0.4, -0.2) is 46.1 Å². The van der Waals surface area contributed by atoms with Crippen molar-refractivity contribution in [3.63, 3.8) is 0 Å². The average molecular weight is 482 g/mol. The summed E-state index contributed by atoms with van der Waals surface area (Å²) in [6.45, 7) is 2.27. The molecule has 0 spiro atoms. The van der Waals surface area contributed by atoms with Crippen LogP contribution < -0.4 is 20.3 Å². The summed E-state index contributed by atoms with van der Waals surface area (Å²) in [5.74, 6) is -0.799. The largest absolute Gasteiger partial charge is 0.484 e. The summed E-state index contributed by atoms with van der Waals surface area (Å²) in [7, 11) is -3.81. The number of hydrazine groups is 1. The van der Waals surface area contributed by atoms with Gasteiger partial charge in [0.05, 0.1) is 11.0 Å². The summed E-state index contributed by atoms with van der Waals surface area (Å²) in [5.41, 5.74) is 5.34. The third kappa shape index (κ3) is 6.67. The number of carbonyl (C=O) groups is 2. The first kappa shape index (κ1) is 24.0. The van der Waals surface area contributed by atoms with Crippen LogP contribution in [0.2, 0.25) is 5.02 Å². The van der Waals surface area contributed by atoms with Crippen LogP contribution in [0.3, 0.4) is 0 Å². The number of hydrogen-bond acceptors (Lipinski definition) is 6. The zero-order chi connectivity index (χ0) is 23.1. The summed E-state index contributed by atoms with van der Waals surface area (Å²) in [6.07, 6.45) is 1.55. The Bertz CT molecular complexity index is 1090. The van der Waals surface area contributed by atoms with Crippen LogP contribution in [0.4, 0.5) is 0 Å². The Morgan fingerprint density at radius 3 is 2.72 bits per heavy atom. The number of carbonyl (C=O) groups excluding carboxylic acids is 2. The lowest BCUT2D eigenvalue weighted by Crippen LogP contribution is -2.43. The van der Waals surface area contributed by atoms with Crippen molar-refractivity contribution in [2.24, 2.45) is 0 Å².